The van der Waals surface area contributed by atoms with Crippen molar-refractivity contribution < 1.29 is 9.59 Å². The normalized spacial score (nSPS) is 14.9. The van der Waals surface area contributed by atoms with Crippen molar-refractivity contribution in [2.24, 2.45) is 0 Å². The highest BCUT2D eigenvalue weighted by molar-refractivity contribution is 5.87. The number of nitrogens with one attached hydrogen (secondary N) is 1. The van der Waals surface area contributed by atoms with Crippen molar-refractivity contribution in [2.45, 2.75) is 77.3 Å². The Hall–Kier alpha value is -2.63. The van der Waals surface area contributed by atoms with Gasteiger partial charge in [0.15, 0.2) is 0 Å². The van der Waals surface area contributed by atoms with Crippen LogP contribution in [0.15, 0.2) is 36.4 Å². The molecule has 1 aromatic heterocycles. The summed E-state index contributed by atoms with van der Waals surface area (Å²) in [7, 11) is 1.96. The van der Waals surface area contributed by atoms with Crippen molar-refractivity contribution in [3.63, 3.8) is 0 Å². The number of hydrogen-bond acceptors (Lipinski definition) is 3. The maximum absolute atomic E-state index is 13.1. The van der Waals surface area contributed by atoms with Crippen molar-refractivity contribution in [2.75, 3.05) is 13.6 Å². The molecule has 1 heterocycles. The van der Waals surface area contributed by atoms with Crippen LogP contribution in [0, 0.1) is 0 Å². The van der Waals surface area contributed by atoms with Gasteiger partial charge in [-0.3, -0.25) is 9.59 Å². The molecular formula is C25H36N4O2. The second-order valence-corrected chi connectivity index (χ2v) is 8.50. The topological polar surface area (TPSA) is 67.2 Å². The third kappa shape index (κ3) is 6.42. The Morgan fingerprint density at radius 3 is 2.71 bits per heavy atom. The van der Waals surface area contributed by atoms with Crippen LogP contribution in [0.4, 0.5) is 0 Å². The van der Waals surface area contributed by atoms with E-state index in [4.69, 9.17) is 4.98 Å². The number of allylic oxidation sites excluding steroid dienone is 1. The lowest BCUT2D eigenvalue weighted by Gasteiger charge is -2.31. The zero-order valence-corrected chi connectivity index (χ0v) is 19.0. The van der Waals surface area contributed by atoms with Gasteiger partial charge in [0.2, 0.25) is 11.8 Å². The van der Waals surface area contributed by atoms with Gasteiger partial charge < -0.3 is 14.8 Å². The molecule has 2 aromatic rings. The first-order valence-corrected chi connectivity index (χ1v) is 11.7. The Labute approximate surface area is 185 Å². The molecule has 31 heavy (non-hydrogen) atoms. The van der Waals surface area contributed by atoms with Crippen molar-refractivity contribution >= 4 is 22.8 Å². The van der Waals surface area contributed by atoms with Crippen LogP contribution < -0.4 is 5.32 Å². The minimum atomic E-state index is -0.0371. The molecule has 1 N–H and O–H groups in total. The molecule has 1 aliphatic carbocycles. The quantitative estimate of drug-likeness (QED) is 0.458. The van der Waals surface area contributed by atoms with Crippen molar-refractivity contribution in [3.8, 4) is 0 Å². The summed E-state index contributed by atoms with van der Waals surface area (Å²) in [4.78, 5) is 31.3. The van der Waals surface area contributed by atoms with Crippen LogP contribution in [0.2, 0.25) is 0 Å². The van der Waals surface area contributed by atoms with E-state index in [1.165, 1.54) is 19.3 Å². The fourth-order valence-corrected chi connectivity index (χ4v) is 4.42. The number of benzene rings is 1. The number of carbonyl (C=O) groups excluding carboxylic acids is 2. The van der Waals surface area contributed by atoms with Gasteiger partial charge in [0.1, 0.15) is 12.4 Å². The molecule has 1 fully saturated rings. The fourth-order valence-electron chi connectivity index (χ4n) is 4.42. The summed E-state index contributed by atoms with van der Waals surface area (Å²) in [5, 5.41) is 2.89. The lowest BCUT2D eigenvalue weighted by molar-refractivity contribution is -0.133. The Morgan fingerprint density at radius 2 is 1.94 bits per heavy atom. The molecule has 0 unspecified atom stereocenters. The Balaban J connectivity index is 1.59. The standard InChI is InChI=1S/C25H36N4O2/c1-3-12-24(30)26-18-11-5-8-17-23-27-21-15-9-10-16-22(21)29(23)19-25(31)28(2)20-13-6-4-7-14-20/h3,9-10,12,15-16,20H,4-8,11,13-14,17-19H2,1-2H3,(H,26,30)/b12-3+. The molecule has 0 atom stereocenters. The van der Waals surface area contributed by atoms with E-state index in [0.29, 0.717) is 19.1 Å². The van der Waals surface area contributed by atoms with E-state index in [-0.39, 0.29) is 11.8 Å². The maximum atomic E-state index is 13.1. The van der Waals surface area contributed by atoms with Gasteiger partial charge >= 0.3 is 0 Å². The second-order valence-electron chi connectivity index (χ2n) is 8.50. The summed E-state index contributed by atoms with van der Waals surface area (Å²) in [6, 6.07) is 8.44. The van der Waals surface area contributed by atoms with Crippen LogP contribution in [-0.4, -0.2) is 45.9 Å². The van der Waals surface area contributed by atoms with Gasteiger partial charge in [0.25, 0.3) is 0 Å². The summed E-state index contributed by atoms with van der Waals surface area (Å²) in [6.07, 6.45) is 13.0. The number of fused-ring (bicyclic) bond motifs is 1. The van der Waals surface area contributed by atoms with E-state index < -0.39 is 0 Å². The average Bonchev–Trinajstić information content (AvgIpc) is 3.13. The van der Waals surface area contributed by atoms with E-state index in [9.17, 15) is 9.59 Å². The Morgan fingerprint density at radius 1 is 1.16 bits per heavy atom. The Bertz CT molecular complexity index is 896. The first kappa shape index (κ1) is 23.0. The summed E-state index contributed by atoms with van der Waals surface area (Å²) in [5.41, 5.74) is 1.98. The maximum Gasteiger partial charge on any atom is 0.243 e. The molecule has 0 saturated heterocycles. The van der Waals surface area contributed by atoms with Crippen LogP contribution in [0.25, 0.3) is 11.0 Å². The molecule has 0 radical (unpaired) electrons. The van der Waals surface area contributed by atoms with Crippen LogP contribution in [-0.2, 0) is 22.6 Å². The van der Waals surface area contributed by atoms with E-state index in [1.54, 1.807) is 12.2 Å². The molecule has 1 aromatic carbocycles. The number of unbranched alkanes of at least 4 members (excludes halogenated alkanes) is 2. The van der Waals surface area contributed by atoms with E-state index in [0.717, 1.165) is 55.4 Å². The van der Waals surface area contributed by atoms with Crippen molar-refractivity contribution in [1.82, 2.24) is 19.8 Å². The highest BCUT2D eigenvalue weighted by Crippen LogP contribution is 2.23. The lowest BCUT2D eigenvalue weighted by Crippen LogP contribution is -2.40. The van der Waals surface area contributed by atoms with Gasteiger partial charge in [-0.15, -0.1) is 0 Å². The van der Waals surface area contributed by atoms with Crippen molar-refractivity contribution in [3.05, 3.63) is 42.2 Å². The fraction of sp³-hybridized carbons (Fsp3) is 0.560. The molecule has 2 amide bonds. The average molecular weight is 425 g/mol. The molecule has 0 aliphatic heterocycles. The zero-order valence-electron chi connectivity index (χ0n) is 19.0. The van der Waals surface area contributed by atoms with E-state index >= 15 is 0 Å². The molecular weight excluding hydrogens is 388 g/mol. The molecule has 0 bridgehead atoms. The molecule has 6 heteroatoms. The number of aryl methyl sites for hydroxylation is 1. The zero-order chi connectivity index (χ0) is 22.1. The second kappa shape index (κ2) is 11.7. The first-order valence-electron chi connectivity index (χ1n) is 11.7. The van der Waals surface area contributed by atoms with Crippen LogP contribution in [0.1, 0.15) is 64.1 Å². The van der Waals surface area contributed by atoms with E-state index in [2.05, 4.69) is 16.0 Å². The van der Waals surface area contributed by atoms with Crippen LogP contribution in [0.3, 0.4) is 0 Å². The summed E-state index contributed by atoms with van der Waals surface area (Å²) in [6.45, 7) is 2.87. The Kier molecular flexibility index (Phi) is 8.68. The number of nitrogens with zero attached hydrogens (tertiary/aromatic N) is 3. The van der Waals surface area contributed by atoms with Gasteiger partial charge in [-0.25, -0.2) is 4.98 Å². The van der Waals surface area contributed by atoms with E-state index in [1.807, 2.05) is 37.1 Å². The van der Waals surface area contributed by atoms with Gasteiger partial charge in [0, 0.05) is 26.1 Å². The number of likely N-dealkylation sites (N-methyl/N-ethyl adjacent to an activating group) is 1. The number of carbonyl (C=O) groups is 2. The van der Waals surface area contributed by atoms with Crippen LogP contribution in [0.5, 0.6) is 0 Å². The third-order valence-electron chi connectivity index (χ3n) is 6.24. The highest BCUT2D eigenvalue weighted by atomic mass is 16.2. The number of rotatable bonds is 10. The highest BCUT2D eigenvalue weighted by Gasteiger charge is 2.23. The molecule has 6 nitrogen and oxygen atoms in total. The van der Waals surface area contributed by atoms with Gasteiger partial charge in [-0.1, -0.05) is 43.9 Å². The lowest BCUT2D eigenvalue weighted by atomic mass is 9.94. The van der Waals surface area contributed by atoms with Crippen LogP contribution >= 0.6 is 0 Å². The number of para-hydroxylation sites is 2. The van der Waals surface area contributed by atoms with Crippen molar-refractivity contribution in [1.29, 1.82) is 0 Å². The van der Waals surface area contributed by atoms with Gasteiger partial charge in [0.05, 0.1) is 11.0 Å². The smallest absolute Gasteiger partial charge is 0.243 e. The minimum Gasteiger partial charge on any atom is -0.353 e. The molecule has 3 rings (SSSR count). The SMILES string of the molecule is C/C=C/C(=O)NCCCCCc1nc2ccccc2n1CC(=O)N(C)C1CCCCC1. The summed E-state index contributed by atoms with van der Waals surface area (Å²) >= 11 is 0. The number of imidazole rings is 1. The number of amides is 2. The number of hydrogen-bond donors (Lipinski definition) is 1. The molecule has 1 aliphatic rings. The monoisotopic (exact) mass is 424 g/mol. The summed E-state index contributed by atoms with van der Waals surface area (Å²) < 4.78 is 2.10. The predicted octanol–water partition coefficient (Wildman–Crippen LogP) is 4.23. The van der Waals surface area contributed by atoms with Gasteiger partial charge in [-0.2, -0.15) is 0 Å². The largest absolute Gasteiger partial charge is 0.353 e. The predicted molar refractivity (Wildman–Crippen MR) is 125 cm³/mol. The number of aromatic nitrogens is 2. The minimum absolute atomic E-state index is 0.0371. The third-order valence-corrected chi connectivity index (χ3v) is 6.24. The molecule has 1 saturated carbocycles. The van der Waals surface area contributed by atoms with Gasteiger partial charge in [-0.05, 0) is 50.8 Å². The molecule has 168 valence electrons. The molecule has 0 spiro atoms. The first-order chi connectivity index (χ1) is 15.1. The summed E-state index contributed by atoms with van der Waals surface area (Å²) in [5.74, 6) is 1.11.